The number of hydrogen-bond acceptors (Lipinski definition) is 6. The van der Waals surface area contributed by atoms with E-state index in [0.717, 1.165) is 6.07 Å². The first-order chi connectivity index (χ1) is 13.7. The van der Waals surface area contributed by atoms with Gasteiger partial charge in [-0.05, 0) is 6.07 Å². The Hall–Kier alpha value is -2.76. The second-order valence-corrected chi connectivity index (χ2v) is 7.06. The van der Waals surface area contributed by atoms with Gasteiger partial charge in [0.1, 0.15) is 25.8 Å². The third-order valence-corrected chi connectivity index (χ3v) is 5.08. The van der Waals surface area contributed by atoms with Crippen molar-refractivity contribution in [3.63, 3.8) is 0 Å². The number of amides is 3. The van der Waals surface area contributed by atoms with E-state index in [0.29, 0.717) is 0 Å². The van der Waals surface area contributed by atoms with Crippen molar-refractivity contribution in [2.45, 2.75) is 13.0 Å². The number of carbonyl (C=O) groups excluding carboxylic acids is 3. The minimum atomic E-state index is -0.934. The molecule has 3 amide bonds. The smallest absolute Gasteiger partial charge is 0.414 e. The molecule has 0 aromatic heterocycles. The second-order valence-electron chi connectivity index (χ2n) is 7.06. The summed E-state index contributed by atoms with van der Waals surface area (Å²) in [6.45, 7) is 1.19. The number of nitrogens with zero attached hydrogens (tertiary/aromatic N) is 3. The quantitative estimate of drug-likeness (QED) is 0.518. The molecule has 2 saturated heterocycles. The largest absolute Gasteiger partial charge is 0.627 e. The molecule has 0 aliphatic carbocycles. The number of halogens is 1. The molecule has 1 aromatic rings. The van der Waals surface area contributed by atoms with Crippen LogP contribution in [0, 0.1) is 11.0 Å². The Kier molecular flexibility index (Phi) is 6.01. The van der Waals surface area contributed by atoms with Gasteiger partial charge in [-0.3, -0.25) is 14.5 Å². The summed E-state index contributed by atoms with van der Waals surface area (Å²) in [5.41, 5.74) is 0.175. The summed E-state index contributed by atoms with van der Waals surface area (Å²) >= 11 is 0. The van der Waals surface area contributed by atoms with E-state index in [1.165, 1.54) is 28.9 Å². The number of hydrogen-bond donors (Lipinski definition) is 2. The Bertz CT molecular complexity index is 812. The summed E-state index contributed by atoms with van der Waals surface area (Å²) in [5, 5.41) is 24.5. The Labute approximate surface area is 166 Å². The molecule has 1 unspecified atom stereocenters. The SMILES string of the molecule is CC(=O)NCC1CN(c2ccc([N+]3([O-])CCN(C(=O)CO)CC3)c(F)c2)C(=O)O1. The van der Waals surface area contributed by atoms with Gasteiger partial charge < -0.3 is 29.9 Å². The fourth-order valence-corrected chi connectivity index (χ4v) is 3.47. The zero-order valence-electron chi connectivity index (χ0n) is 16.0. The first-order valence-corrected chi connectivity index (χ1v) is 9.23. The van der Waals surface area contributed by atoms with Crippen LogP contribution < -0.4 is 14.9 Å². The minimum absolute atomic E-state index is 0.0352. The number of piperazine rings is 1. The Morgan fingerprint density at radius 2 is 2.07 bits per heavy atom. The minimum Gasteiger partial charge on any atom is -0.627 e. The number of rotatable bonds is 5. The summed E-state index contributed by atoms with van der Waals surface area (Å²) in [7, 11) is 0. The van der Waals surface area contributed by atoms with Gasteiger partial charge >= 0.3 is 6.09 Å². The molecule has 29 heavy (non-hydrogen) atoms. The maximum Gasteiger partial charge on any atom is 0.414 e. The predicted molar refractivity (Wildman–Crippen MR) is 101 cm³/mol. The van der Waals surface area contributed by atoms with Crippen molar-refractivity contribution < 1.29 is 28.6 Å². The molecule has 2 N–H and O–H groups in total. The van der Waals surface area contributed by atoms with E-state index < -0.39 is 35.2 Å². The summed E-state index contributed by atoms with van der Waals surface area (Å²) in [6, 6.07) is 3.93. The maximum absolute atomic E-state index is 14.8. The van der Waals surface area contributed by atoms with E-state index in [9.17, 15) is 24.0 Å². The van der Waals surface area contributed by atoms with Crippen LogP contribution in [0.4, 0.5) is 20.6 Å². The van der Waals surface area contributed by atoms with E-state index >= 15 is 0 Å². The standard InChI is InChI=1S/C18H23FN4O6/c1-12(25)20-9-14-10-22(18(27)29-14)13-2-3-16(15(19)8-13)23(28)6-4-21(5-7-23)17(26)11-24/h2-3,8,14,24H,4-7,9-11H2,1H3,(H,20,25). The van der Waals surface area contributed by atoms with Gasteiger partial charge in [-0.2, -0.15) is 0 Å². The molecule has 2 fully saturated rings. The Morgan fingerprint density at radius 1 is 1.38 bits per heavy atom. The van der Waals surface area contributed by atoms with Crippen LogP contribution in [0.3, 0.4) is 0 Å². The van der Waals surface area contributed by atoms with E-state index in [4.69, 9.17) is 9.84 Å². The monoisotopic (exact) mass is 410 g/mol. The van der Waals surface area contributed by atoms with Crippen LogP contribution in [0.1, 0.15) is 6.92 Å². The molecule has 0 radical (unpaired) electrons. The van der Waals surface area contributed by atoms with E-state index in [1.807, 2.05) is 0 Å². The van der Waals surface area contributed by atoms with Crippen molar-refractivity contribution in [2.24, 2.45) is 0 Å². The normalized spacial score (nSPS) is 21.1. The number of anilines is 1. The fourth-order valence-electron chi connectivity index (χ4n) is 3.47. The van der Waals surface area contributed by atoms with Gasteiger partial charge in [0.2, 0.25) is 11.8 Å². The summed E-state index contributed by atoms with van der Waals surface area (Å²) in [6.07, 6.45) is -1.21. The Morgan fingerprint density at radius 3 is 2.66 bits per heavy atom. The third-order valence-electron chi connectivity index (χ3n) is 5.08. The number of benzene rings is 1. The van der Waals surface area contributed by atoms with E-state index in [2.05, 4.69) is 5.32 Å². The van der Waals surface area contributed by atoms with Crippen molar-refractivity contribution in [2.75, 3.05) is 50.8 Å². The number of cyclic esters (lactones) is 1. The van der Waals surface area contributed by atoms with Gasteiger partial charge in [-0.25, -0.2) is 9.18 Å². The molecule has 2 aliphatic heterocycles. The highest BCUT2D eigenvalue weighted by Crippen LogP contribution is 2.32. The first kappa shape index (κ1) is 21.0. The van der Waals surface area contributed by atoms with Gasteiger partial charge in [-0.1, -0.05) is 0 Å². The highest BCUT2D eigenvalue weighted by Gasteiger charge is 2.35. The average Bonchev–Trinajstić information content (AvgIpc) is 3.06. The van der Waals surface area contributed by atoms with Crippen LogP contribution in [0.2, 0.25) is 0 Å². The number of quaternary nitrogens is 1. The molecule has 1 atom stereocenters. The number of aliphatic hydroxyl groups is 1. The second kappa shape index (κ2) is 8.31. The molecular weight excluding hydrogens is 387 g/mol. The van der Waals surface area contributed by atoms with Crippen molar-refractivity contribution in [3.8, 4) is 0 Å². The lowest BCUT2D eigenvalue weighted by Crippen LogP contribution is -2.59. The molecule has 3 rings (SSSR count). The topological polar surface area (TPSA) is 122 Å². The van der Waals surface area contributed by atoms with Crippen LogP contribution in [-0.2, 0) is 14.3 Å². The van der Waals surface area contributed by atoms with E-state index in [1.54, 1.807) is 0 Å². The highest BCUT2D eigenvalue weighted by molar-refractivity contribution is 5.90. The molecule has 2 heterocycles. The summed E-state index contributed by atoms with van der Waals surface area (Å²) in [4.78, 5) is 37.2. The van der Waals surface area contributed by atoms with Crippen molar-refractivity contribution in [1.82, 2.24) is 14.9 Å². The van der Waals surface area contributed by atoms with Gasteiger partial charge in [0.05, 0.1) is 31.9 Å². The molecule has 2 aliphatic rings. The van der Waals surface area contributed by atoms with Crippen LogP contribution >= 0.6 is 0 Å². The van der Waals surface area contributed by atoms with E-state index in [-0.39, 0.29) is 56.6 Å². The molecule has 10 nitrogen and oxygen atoms in total. The number of hydroxylamine groups is 2. The average molecular weight is 410 g/mol. The maximum atomic E-state index is 14.8. The van der Waals surface area contributed by atoms with Gasteiger partial charge in [0.25, 0.3) is 0 Å². The van der Waals surface area contributed by atoms with Crippen LogP contribution in [0.25, 0.3) is 0 Å². The molecule has 158 valence electrons. The molecule has 11 heteroatoms. The van der Waals surface area contributed by atoms with Gasteiger partial charge in [0, 0.05) is 19.1 Å². The fraction of sp³-hybridized carbons (Fsp3) is 0.500. The zero-order valence-corrected chi connectivity index (χ0v) is 16.0. The third kappa shape index (κ3) is 4.47. The van der Waals surface area contributed by atoms with Crippen molar-refractivity contribution in [3.05, 3.63) is 29.2 Å². The molecule has 0 saturated carbocycles. The number of carbonyl (C=O) groups is 3. The summed E-state index contributed by atoms with van der Waals surface area (Å²) in [5.74, 6) is -1.47. The van der Waals surface area contributed by atoms with Gasteiger partial charge in [0.15, 0.2) is 11.5 Å². The number of aliphatic hydroxyl groups excluding tert-OH is 1. The van der Waals surface area contributed by atoms with Crippen molar-refractivity contribution in [1.29, 1.82) is 0 Å². The van der Waals surface area contributed by atoms with Gasteiger partial charge in [-0.15, -0.1) is 0 Å². The first-order valence-electron chi connectivity index (χ1n) is 9.23. The predicted octanol–water partition coefficient (Wildman–Crippen LogP) is -0.0734. The molecule has 0 bridgehead atoms. The lowest BCUT2D eigenvalue weighted by Gasteiger charge is -2.47. The number of nitrogens with one attached hydrogen (secondary N) is 1. The van der Waals surface area contributed by atoms with Crippen LogP contribution in [0.15, 0.2) is 18.2 Å². The molecule has 0 spiro atoms. The van der Waals surface area contributed by atoms with Crippen LogP contribution in [-0.4, -0.2) is 79.9 Å². The lowest BCUT2D eigenvalue weighted by molar-refractivity contribution is -0.135. The zero-order chi connectivity index (χ0) is 21.2. The summed E-state index contributed by atoms with van der Waals surface area (Å²) < 4.78 is 19.0. The highest BCUT2D eigenvalue weighted by atomic mass is 19.1. The lowest BCUT2D eigenvalue weighted by atomic mass is 10.2. The van der Waals surface area contributed by atoms with Crippen LogP contribution in [0.5, 0.6) is 0 Å². The molecule has 1 aromatic carbocycles. The number of ether oxygens (including phenoxy) is 1. The molecular formula is C18H23FN4O6. The van der Waals surface area contributed by atoms with Crippen molar-refractivity contribution >= 4 is 29.3 Å². The Balaban J connectivity index is 1.70.